The lowest BCUT2D eigenvalue weighted by molar-refractivity contribution is -0.121. The minimum atomic E-state index is -0.142. The number of nitrogens with zero attached hydrogens (tertiary/aromatic N) is 1. The molecular formula is C12H14N4O2S. The van der Waals surface area contributed by atoms with Crippen molar-refractivity contribution in [1.29, 1.82) is 0 Å². The summed E-state index contributed by atoms with van der Waals surface area (Å²) in [7, 11) is 0. The van der Waals surface area contributed by atoms with Gasteiger partial charge in [-0.15, -0.1) is 11.3 Å². The standard InChI is InChI=1S/C12H14N4O2S/c17-11(15-7-9-6-13-8-16-9)3-4-14-12(18)10-2-1-5-19-10/h1-2,5-6,8H,3-4,7H2,(H,13,16)(H,14,18)(H,15,17). The first-order chi connectivity index (χ1) is 9.25. The lowest BCUT2D eigenvalue weighted by atomic mass is 10.3. The smallest absolute Gasteiger partial charge is 0.261 e. The molecule has 2 aromatic heterocycles. The van der Waals surface area contributed by atoms with Gasteiger partial charge in [-0.2, -0.15) is 0 Å². The Hall–Kier alpha value is -2.15. The number of hydrogen-bond acceptors (Lipinski definition) is 4. The third-order valence-corrected chi connectivity index (χ3v) is 3.28. The molecule has 2 rings (SSSR count). The van der Waals surface area contributed by atoms with Crippen LogP contribution in [0.1, 0.15) is 21.8 Å². The number of thiophene rings is 1. The van der Waals surface area contributed by atoms with Crippen LogP contribution in [0, 0.1) is 0 Å². The summed E-state index contributed by atoms with van der Waals surface area (Å²) in [5.74, 6) is -0.252. The molecule has 19 heavy (non-hydrogen) atoms. The maximum absolute atomic E-state index is 11.6. The second-order valence-corrected chi connectivity index (χ2v) is 4.78. The van der Waals surface area contributed by atoms with Crippen LogP contribution >= 0.6 is 11.3 Å². The molecule has 3 N–H and O–H groups in total. The zero-order valence-corrected chi connectivity index (χ0v) is 11.0. The first-order valence-electron chi connectivity index (χ1n) is 5.81. The fourth-order valence-corrected chi connectivity index (χ4v) is 2.09. The van der Waals surface area contributed by atoms with Crippen molar-refractivity contribution in [2.45, 2.75) is 13.0 Å². The molecule has 7 heteroatoms. The van der Waals surface area contributed by atoms with Crippen LogP contribution in [-0.2, 0) is 11.3 Å². The van der Waals surface area contributed by atoms with E-state index in [4.69, 9.17) is 0 Å². The number of nitrogens with one attached hydrogen (secondary N) is 3. The van der Waals surface area contributed by atoms with Gasteiger partial charge in [0, 0.05) is 19.2 Å². The van der Waals surface area contributed by atoms with Crippen LogP contribution in [0.2, 0.25) is 0 Å². The van der Waals surface area contributed by atoms with Gasteiger partial charge in [-0.1, -0.05) is 6.07 Å². The van der Waals surface area contributed by atoms with E-state index in [2.05, 4.69) is 20.6 Å². The monoisotopic (exact) mass is 278 g/mol. The Labute approximate surface area is 114 Å². The highest BCUT2D eigenvalue weighted by Crippen LogP contribution is 2.07. The maximum Gasteiger partial charge on any atom is 0.261 e. The van der Waals surface area contributed by atoms with Gasteiger partial charge in [-0.3, -0.25) is 9.59 Å². The van der Waals surface area contributed by atoms with Crippen molar-refractivity contribution < 1.29 is 9.59 Å². The Morgan fingerprint density at radius 2 is 2.26 bits per heavy atom. The van der Waals surface area contributed by atoms with Crippen LogP contribution in [0.4, 0.5) is 0 Å². The lowest BCUT2D eigenvalue weighted by Gasteiger charge is -2.05. The third kappa shape index (κ3) is 4.22. The summed E-state index contributed by atoms with van der Waals surface area (Å²) in [6, 6.07) is 3.56. The molecule has 100 valence electrons. The van der Waals surface area contributed by atoms with Crippen LogP contribution in [0.3, 0.4) is 0 Å². The van der Waals surface area contributed by atoms with Crippen LogP contribution < -0.4 is 10.6 Å². The van der Waals surface area contributed by atoms with E-state index in [1.165, 1.54) is 11.3 Å². The number of H-pyrrole nitrogens is 1. The molecule has 0 aliphatic carbocycles. The Bertz CT molecular complexity index is 522. The van der Waals surface area contributed by atoms with Crippen molar-refractivity contribution in [3.63, 3.8) is 0 Å². The Kier molecular flexibility index (Phi) is 4.68. The van der Waals surface area contributed by atoms with Gasteiger partial charge in [-0.25, -0.2) is 4.98 Å². The van der Waals surface area contributed by atoms with E-state index < -0.39 is 0 Å². The zero-order chi connectivity index (χ0) is 13.5. The highest BCUT2D eigenvalue weighted by atomic mass is 32.1. The largest absolute Gasteiger partial charge is 0.351 e. The highest BCUT2D eigenvalue weighted by Gasteiger charge is 2.07. The molecule has 0 fully saturated rings. The van der Waals surface area contributed by atoms with Crippen LogP contribution in [-0.4, -0.2) is 28.3 Å². The van der Waals surface area contributed by atoms with E-state index in [0.717, 1.165) is 5.69 Å². The minimum absolute atomic E-state index is 0.110. The average Bonchev–Trinajstić information content (AvgIpc) is 3.09. The first-order valence-corrected chi connectivity index (χ1v) is 6.69. The molecule has 2 heterocycles. The number of aromatic amines is 1. The Morgan fingerprint density at radius 3 is 2.95 bits per heavy atom. The zero-order valence-electron chi connectivity index (χ0n) is 10.2. The van der Waals surface area contributed by atoms with E-state index in [0.29, 0.717) is 18.0 Å². The Morgan fingerprint density at radius 1 is 1.37 bits per heavy atom. The molecule has 0 atom stereocenters. The van der Waals surface area contributed by atoms with Gasteiger partial charge < -0.3 is 15.6 Å². The molecule has 0 spiro atoms. The van der Waals surface area contributed by atoms with Gasteiger partial charge in [0.1, 0.15) is 0 Å². The topological polar surface area (TPSA) is 86.9 Å². The van der Waals surface area contributed by atoms with Crippen molar-refractivity contribution in [2.75, 3.05) is 6.54 Å². The fourth-order valence-electron chi connectivity index (χ4n) is 1.45. The van der Waals surface area contributed by atoms with Gasteiger partial charge in [-0.05, 0) is 11.4 Å². The van der Waals surface area contributed by atoms with Gasteiger partial charge in [0.25, 0.3) is 5.91 Å². The summed E-state index contributed by atoms with van der Waals surface area (Å²) in [6.07, 6.45) is 3.47. The van der Waals surface area contributed by atoms with Crippen LogP contribution in [0.5, 0.6) is 0 Å². The summed E-state index contributed by atoms with van der Waals surface area (Å²) in [4.78, 5) is 30.5. The molecular weight excluding hydrogens is 264 g/mol. The quantitative estimate of drug-likeness (QED) is 0.734. The molecule has 0 radical (unpaired) electrons. The summed E-state index contributed by atoms with van der Waals surface area (Å²) >= 11 is 1.37. The van der Waals surface area contributed by atoms with Crippen molar-refractivity contribution in [2.24, 2.45) is 0 Å². The van der Waals surface area contributed by atoms with Gasteiger partial charge in [0.15, 0.2) is 0 Å². The molecule has 6 nitrogen and oxygen atoms in total. The summed E-state index contributed by atoms with van der Waals surface area (Å²) in [5, 5.41) is 7.27. The van der Waals surface area contributed by atoms with Gasteiger partial charge in [0.2, 0.25) is 5.91 Å². The van der Waals surface area contributed by atoms with E-state index >= 15 is 0 Å². The summed E-state index contributed by atoms with van der Waals surface area (Å²) < 4.78 is 0. The molecule has 2 amide bonds. The summed E-state index contributed by atoms with van der Waals surface area (Å²) in [5.41, 5.74) is 0.843. The first kappa shape index (κ1) is 13.3. The SMILES string of the molecule is O=C(CCNC(=O)c1cccs1)NCc1cnc[nH]1. The second kappa shape index (κ2) is 6.69. The number of aromatic nitrogens is 2. The minimum Gasteiger partial charge on any atom is -0.351 e. The Balaban J connectivity index is 1.63. The van der Waals surface area contributed by atoms with Crippen molar-refractivity contribution >= 4 is 23.2 Å². The molecule has 0 unspecified atom stereocenters. The molecule has 0 bridgehead atoms. The number of hydrogen-bond donors (Lipinski definition) is 3. The maximum atomic E-state index is 11.6. The molecule has 2 aromatic rings. The lowest BCUT2D eigenvalue weighted by Crippen LogP contribution is -2.30. The molecule has 0 saturated heterocycles. The van der Waals surface area contributed by atoms with Crippen molar-refractivity contribution in [1.82, 2.24) is 20.6 Å². The van der Waals surface area contributed by atoms with E-state index in [9.17, 15) is 9.59 Å². The van der Waals surface area contributed by atoms with E-state index in [1.54, 1.807) is 18.6 Å². The predicted octanol–water partition coefficient (Wildman–Crippen LogP) is 0.908. The van der Waals surface area contributed by atoms with Crippen LogP contribution in [0.25, 0.3) is 0 Å². The third-order valence-electron chi connectivity index (χ3n) is 2.41. The predicted molar refractivity (Wildman–Crippen MR) is 71.7 cm³/mol. The molecule has 0 saturated carbocycles. The second-order valence-electron chi connectivity index (χ2n) is 3.84. The normalized spacial score (nSPS) is 10.1. The van der Waals surface area contributed by atoms with Gasteiger partial charge in [0.05, 0.1) is 23.4 Å². The number of rotatable bonds is 6. The number of imidazole rings is 1. The number of amides is 2. The van der Waals surface area contributed by atoms with Crippen molar-refractivity contribution in [3.8, 4) is 0 Å². The summed E-state index contributed by atoms with van der Waals surface area (Å²) in [6.45, 7) is 0.739. The average molecular weight is 278 g/mol. The highest BCUT2D eigenvalue weighted by molar-refractivity contribution is 7.12. The molecule has 0 aliphatic heterocycles. The number of carbonyl (C=O) groups excluding carboxylic acids is 2. The van der Waals surface area contributed by atoms with Crippen molar-refractivity contribution in [3.05, 3.63) is 40.6 Å². The van der Waals surface area contributed by atoms with E-state index in [-0.39, 0.29) is 18.2 Å². The molecule has 0 aromatic carbocycles. The number of carbonyl (C=O) groups is 2. The fraction of sp³-hybridized carbons (Fsp3) is 0.250. The van der Waals surface area contributed by atoms with Gasteiger partial charge >= 0.3 is 0 Å². The van der Waals surface area contributed by atoms with Crippen LogP contribution in [0.15, 0.2) is 30.0 Å². The molecule has 0 aliphatic rings. The van der Waals surface area contributed by atoms with E-state index in [1.807, 2.05) is 11.4 Å².